The van der Waals surface area contributed by atoms with Crippen molar-refractivity contribution >= 4 is 54.7 Å². The molecule has 0 radical (unpaired) electrons. The number of anilines is 2. The minimum Gasteiger partial charge on any atom is -0.383 e. The summed E-state index contributed by atoms with van der Waals surface area (Å²) >= 11 is 4.16. The fourth-order valence-corrected chi connectivity index (χ4v) is 2.35. The maximum absolute atomic E-state index is 12.4. The highest BCUT2D eigenvalue weighted by Crippen LogP contribution is 2.18. The van der Waals surface area contributed by atoms with Crippen LogP contribution in [-0.2, 0) is 0 Å². The van der Waals surface area contributed by atoms with Crippen molar-refractivity contribution in [3.05, 3.63) is 59.2 Å². The van der Waals surface area contributed by atoms with Crippen LogP contribution in [0.1, 0.15) is 21.5 Å². The fraction of sp³-hybridized carbons (Fsp3) is 0.278. The fourth-order valence-electron chi connectivity index (χ4n) is 2.22. The number of aryl methyl sites for hydroxylation is 1. The van der Waals surface area contributed by atoms with E-state index in [1.807, 2.05) is 56.3 Å². The zero-order chi connectivity index (χ0) is 16.8. The van der Waals surface area contributed by atoms with Gasteiger partial charge in [-0.3, -0.25) is 4.79 Å². The number of carbonyl (C=O) groups excluding carboxylic acids is 1. The molecule has 1 unspecified atom stereocenters. The first-order chi connectivity index (χ1) is 11.0. The van der Waals surface area contributed by atoms with Gasteiger partial charge >= 0.3 is 0 Å². The third-order valence-corrected chi connectivity index (χ3v) is 4.24. The maximum Gasteiger partial charge on any atom is 0.255 e. The number of rotatable bonds is 6. The van der Waals surface area contributed by atoms with Gasteiger partial charge in [0.25, 0.3) is 5.91 Å². The number of benzene rings is 2. The summed E-state index contributed by atoms with van der Waals surface area (Å²) in [6, 6.07) is 13.3. The van der Waals surface area contributed by atoms with E-state index in [1.54, 1.807) is 0 Å². The molecule has 1 atom stereocenters. The molecule has 0 spiro atoms. The molecular weight excluding hydrogens is 377 g/mol. The summed E-state index contributed by atoms with van der Waals surface area (Å²) in [4.78, 5) is 12.4. The molecule has 2 aromatic carbocycles. The standard InChI is InChI=1S/C18H23N3OS.2ClH/c1-12-5-3-8-17(13(12)2)18(22)21-16-7-4-6-15(9-16)20-10-14(19)11-23;;/h3-9,14,20,23H,10-11,19H2,1-2H3,(H,21,22);2*1H. The molecule has 7 heteroatoms. The van der Waals surface area contributed by atoms with E-state index in [2.05, 4.69) is 23.3 Å². The first-order valence-electron chi connectivity index (χ1n) is 7.59. The first-order valence-corrected chi connectivity index (χ1v) is 8.22. The molecule has 1 amide bonds. The number of nitrogens with one attached hydrogen (secondary N) is 2. The van der Waals surface area contributed by atoms with Gasteiger partial charge in [-0.15, -0.1) is 24.8 Å². The van der Waals surface area contributed by atoms with Gasteiger partial charge in [-0.1, -0.05) is 18.2 Å². The smallest absolute Gasteiger partial charge is 0.255 e. The molecule has 2 aromatic rings. The molecular formula is C18H25Cl2N3OS. The van der Waals surface area contributed by atoms with E-state index in [4.69, 9.17) is 5.73 Å². The van der Waals surface area contributed by atoms with Crippen LogP contribution < -0.4 is 16.4 Å². The van der Waals surface area contributed by atoms with Gasteiger partial charge < -0.3 is 16.4 Å². The zero-order valence-corrected chi connectivity index (χ0v) is 16.8. The number of hydrogen-bond donors (Lipinski definition) is 4. The molecule has 4 nitrogen and oxygen atoms in total. The predicted molar refractivity (Wildman–Crippen MR) is 115 cm³/mol. The number of thiol groups is 1. The molecule has 2 rings (SSSR count). The van der Waals surface area contributed by atoms with Gasteiger partial charge in [0.15, 0.2) is 0 Å². The van der Waals surface area contributed by atoms with E-state index >= 15 is 0 Å². The molecule has 0 aliphatic carbocycles. The van der Waals surface area contributed by atoms with Crippen LogP contribution in [0.25, 0.3) is 0 Å². The molecule has 0 bridgehead atoms. The van der Waals surface area contributed by atoms with Gasteiger partial charge in [-0.25, -0.2) is 0 Å². The van der Waals surface area contributed by atoms with Crippen molar-refractivity contribution in [3.8, 4) is 0 Å². The molecule has 4 N–H and O–H groups in total. The van der Waals surface area contributed by atoms with E-state index in [0.717, 1.165) is 22.5 Å². The summed E-state index contributed by atoms with van der Waals surface area (Å²) in [6.45, 7) is 4.60. The number of amides is 1. The molecule has 0 fully saturated rings. The lowest BCUT2D eigenvalue weighted by Crippen LogP contribution is -2.30. The largest absolute Gasteiger partial charge is 0.383 e. The Hall–Kier alpha value is -1.40. The molecule has 25 heavy (non-hydrogen) atoms. The first kappa shape index (κ1) is 23.6. The van der Waals surface area contributed by atoms with Gasteiger partial charge in [0.05, 0.1) is 0 Å². The maximum atomic E-state index is 12.4. The quantitative estimate of drug-likeness (QED) is 0.551. The zero-order valence-electron chi connectivity index (χ0n) is 14.3. The second-order valence-electron chi connectivity index (χ2n) is 5.61. The van der Waals surface area contributed by atoms with Crippen LogP contribution in [0.3, 0.4) is 0 Å². The molecule has 0 aliphatic heterocycles. The van der Waals surface area contributed by atoms with Crippen LogP contribution in [0, 0.1) is 13.8 Å². The third-order valence-electron chi connectivity index (χ3n) is 3.77. The summed E-state index contributed by atoms with van der Waals surface area (Å²) in [5.41, 5.74) is 10.3. The third kappa shape index (κ3) is 6.78. The van der Waals surface area contributed by atoms with E-state index in [0.29, 0.717) is 17.9 Å². The van der Waals surface area contributed by atoms with E-state index < -0.39 is 0 Å². The van der Waals surface area contributed by atoms with Crippen LogP contribution in [0.4, 0.5) is 11.4 Å². The van der Waals surface area contributed by atoms with Crippen molar-refractivity contribution in [2.45, 2.75) is 19.9 Å². The van der Waals surface area contributed by atoms with Crippen LogP contribution in [0.5, 0.6) is 0 Å². The number of nitrogens with two attached hydrogens (primary N) is 1. The number of carbonyl (C=O) groups is 1. The van der Waals surface area contributed by atoms with Gasteiger partial charge in [0, 0.05) is 35.3 Å². The van der Waals surface area contributed by atoms with Crippen molar-refractivity contribution in [2.24, 2.45) is 5.73 Å². The summed E-state index contributed by atoms with van der Waals surface area (Å²) < 4.78 is 0. The topological polar surface area (TPSA) is 67.2 Å². The molecule has 138 valence electrons. The molecule has 0 saturated heterocycles. The predicted octanol–water partition coefficient (Wildman–Crippen LogP) is 4.07. The average molecular weight is 402 g/mol. The molecule has 0 aromatic heterocycles. The van der Waals surface area contributed by atoms with Gasteiger partial charge in [0.2, 0.25) is 0 Å². The summed E-state index contributed by atoms with van der Waals surface area (Å²) in [6.07, 6.45) is 0. The van der Waals surface area contributed by atoms with Gasteiger partial charge in [-0.2, -0.15) is 12.6 Å². The monoisotopic (exact) mass is 401 g/mol. The highest BCUT2D eigenvalue weighted by molar-refractivity contribution is 7.80. The second-order valence-corrected chi connectivity index (χ2v) is 5.97. The summed E-state index contributed by atoms with van der Waals surface area (Å²) in [5, 5.41) is 6.19. The van der Waals surface area contributed by atoms with Crippen molar-refractivity contribution in [3.63, 3.8) is 0 Å². The summed E-state index contributed by atoms with van der Waals surface area (Å²) in [5.74, 6) is 0.520. The van der Waals surface area contributed by atoms with Crippen molar-refractivity contribution in [2.75, 3.05) is 22.9 Å². The van der Waals surface area contributed by atoms with E-state index in [9.17, 15) is 4.79 Å². The van der Waals surface area contributed by atoms with Crippen LogP contribution in [0.15, 0.2) is 42.5 Å². The van der Waals surface area contributed by atoms with Crippen molar-refractivity contribution in [1.82, 2.24) is 0 Å². The van der Waals surface area contributed by atoms with Crippen LogP contribution in [-0.4, -0.2) is 24.2 Å². The minimum atomic E-state index is -0.101. The lowest BCUT2D eigenvalue weighted by Gasteiger charge is -2.13. The van der Waals surface area contributed by atoms with Gasteiger partial charge in [-0.05, 0) is 49.2 Å². The highest BCUT2D eigenvalue weighted by Gasteiger charge is 2.10. The Kier molecular flexibility index (Phi) is 10.6. The van der Waals surface area contributed by atoms with E-state index in [1.165, 1.54) is 0 Å². The Balaban J connectivity index is 0.00000288. The Morgan fingerprint density at radius 3 is 2.44 bits per heavy atom. The van der Waals surface area contributed by atoms with Crippen molar-refractivity contribution < 1.29 is 4.79 Å². The molecule has 0 aliphatic rings. The van der Waals surface area contributed by atoms with E-state index in [-0.39, 0.29) is 36.8 Å². The number of halogens is 2. The average Bonchev–Trinajstić information content (AvgIpc) is 2.55. The Labute approximate surface area is 167 Å². The lowest BCUT2D eigenvalue weighted by atomic mass is 10.0. The Morgan fingerprint density at radius 1 is 1.12 bits per heavy atom. The Morgan fingerprint density at radius 2 is 1.76 bits per heavy atom. The normalized spacial score (nSPS) is 10.9. The molecule has 0 heterocycles. The second kappa shape index (κ2) is 11.3. The molecule has 0 saturated carbocycles. The summed E-state index contributed by atoms with van der Waals surface area (Å²) in [7, 11) is 0. The minimum absolute atomic E-state index is 0. The SMILES string of the molecule is Cc1cccc(C(=O)Nc2cccc(NCC(N)CS)c2)c1C.Cl.Cl. The van der Waals surface area contributed by atoms with Crippen LogP contribution in [0.2, 0.25) is 0 Å². The Bertz CT molecular complexity index is 698. The van der Waals surface area contributed by atoms with Crippen LogP contribution >= 0.6 is 37.4 Å². The highest BCUT2D eigenvalue weighted by atomic mass is 35.5. The lowest BCUT2D eigenvalue weighted by molar-refractivity contribution is 0.102. The van der Waals surface area contributed by atoms with Gasteiger partial charge in [0.1, 0.15) is 0 Å². The number of hydrogen-bond acceptors (Lipinski definition) is 4. The van der Waals surface area contributed by atoms with Crippen molar-refractivity contribution in [1.29, 1.82) is 0 Å².